The third-order valence-corrected chi connectivity index (χ3v) is 3.29. The van der Waals surface area contributed by atoms with Crippen LogP contribution in [0.1, 0.15) is 29.8 Å². The van der Waals surface area contributed by atoms with Gasteiger partial charge in [-0.15, -0.1) is 0 Å². The van der Waals surface area contributed by atoms with Crippen molar-refractivity contribution in [3.8, 4) is 6.07 Å². The fraction of sp³-hybridized carbons (Fsp3) is 0.176. The molecule has 2 aromatic carbocycles. The van der Waals surface area contributed by atoms with Gasteiger partial charge in [-0.05, 0) is 49.7 Å². The summed E-state index contributed by atoms with van der Waals surface area (Å²) < 4.78 is 0. The van der Waals surface area contributed by atoms with Gasteiger partial charge in [0, 0.05) is 16.9 Å². The van der Waals surface area contributed by atoms with Crippen LogP contribution < -0.4 is 11.1 Å². The van der Waals surface area contributed by atoms with Gasteiger partial charge in [0.05, 0.1) is 11.5 Å². The summed E-state index contributed by atoms with van der Waals surface area (Å²) in [6, 6.07) is 16.3. The smallest absolute Gasteiger partial charge is 0.255 e. The topological polar surface area (TPSA) is 78.9 Å². The first kappa shape index (κ1) is 14.6. The fourth-order valence-corrected chi connectivity index (χ4v) is 1.92. The van der Waals surface area contributed by atoms with Crippen LogP contribution in [-0.4, -0.2) is 5.91 Å². The Balaban J connectivity index is 2.14. The van der Waals surface area contributed by atoms with Gasteiger partial charge in [0.15, 0.2) is 0 Å². The van der Waals surface area contributed by atoms with Crippen LogP contribution in [0, 0.1) is 11.3 Å². The van der Waals surface area contributed by atoms with Crippen LogP contribution in [0.15, 0.2) is 48.5 Å². The number of nitrogens with one attached hydrogen (secondary N) is 1. The lowest BCUT2D eigenvalue weighted by Crippen LogP contribution is -2.15. The van der Waals surface area contributed by atoms with Crippen molar-refractivity contribution in [2.75, 3.05) is 11.1 Å². The Morgan fingerprint density at radius 3 is 2.43 bits per heavy atom. The Morgan fingerprint density at radius 1 is 1.19 bits per heavy atom. The van der Waals surface area contributed by atoms with Crippen LogP contribution in [0.2, 0.25) is 0 Å². The summed E-state index contributed by atoms with van der Waals surface area (Å²) in [7, 11) is 0. The summed E-state index contributed by atoms with van der Waals surface area (Å²) >= 11 is 0. The minimum atomic E-state index is -0.545. The van der Waals surface area contributed by atoms with Gasteiger partial charge in [-0.2, -0.15) is 5.26 Å². The molecule has 0 aliphatic rings. The lowest BCUT2D eigenvalue weighted by molar-refractivity contribution is 0.102. The Kier molecular flexibility index (Phi) is 3.95. The molecule has 0 unspecified atom stereocenters. The molecule has 2 aromatic rings. The standard InChI is InChI=1S/C17H17N3O/c1-17(2,11-18)13-6-8-15(9-7-13)20-16(21)12-4-3-5-14(19)10-12/h3-10H,19H2,1-2H3,(H,20,21). The van der Waals surface area contributed by atoms with Crippen molar-refractivity contribution in [2.24, 2.45) is 0 Å². The van der Waals surface area contributed by atoms with Crippen LogP contribution >= 0.6 is 0 Å². The zero-order chi connectivity index (χ0) is 15.5. The van der Waals surface area contributed by atoms with E-state index in [9.17, 15) is 4.79 Å². The Morgan fingerprint density at radius 2 is 1.86 bits per heavy atom. The van der Waals surface area contributed by atoms with Crippen molar-refractivity contribution < 1.29 is 4.79 Å². The molecule has 0 aliphatic heterocycles. The van der Waals surface area contributed by atoms with Gasteiger partial charge in [0.25, 0.3) is 5.91 Å². The predicted molar refractivity (Wildman–Crippen MR) is 83.9 cm³/mol. The summed E-state index contributed by atoms with van der Waals surface area (Å²) in [4.78, 5) is 12.1. The van der Waals surface area contributed by atoms with Gasteiger partial charge < -0.3 is 11.1 Å². The van der Waals surface area contributed by atoms with E-state index < -0.39 is 5.41 Å². The maximum absolute atomic E-state index is 12.1. The van der Waals surface area contributed by atoms with Crippen molar-refractivity contribution in [3.05, 3.63) is 59.7 Å². The second kappa shape index (κ2) is 5.68. The molecule has 0 heterocycles. The van der Waals surface area contributed by atoms with Crippen molar-refractivity contribution in [2.45, 2.75) is 19.3 Å². The van der Waals surface area contributed by atoms with Crippen LogP contribution in [0.3, 0.4) is 0 Å². The monoisotopic (exact) mass is 279 g/mol. The maximum Gasteiger partial charge on any atom is 0.255 e. The highest BCUT2D eigenvalue weighted by molar-refractivity contribution is 6.04. The Labute approximate surface area is 124 Å². The molecular formula is C17H17N3O. The molecule has 4 nitrogen and oxygen atoms in total. The van der Waals surface area contributed by atoms with Gasteiger partial charge in [-0.25, -0.2) is 0 Å². The van der Waals surface area contributed by atoms with E-state index >= 15 is 0 Å². The molecule has 0 atom stereocenters. The van der Waals surface area contributed by atoms with Gasteiger partial charge in [0.2, 0.25) is 0 Å². The van der Waals surface area contributed by atoms with Crippen LogP contribution in [0.5, 0.6) is 0 Å². The third-order valence-electron chi connectivity index (χ3n) is 3.29. The van der Waals surface area contributed by atoms with E-state index in [0.29, 0.717) is 16.9 Å². The number of carbonyl (C=O) groups excluding carboxylic acids is 1. The lowest BCUT2D eigenvalue weighted by atomic mass is 9.86. The first-order chi connectivity index (χ1) is 9.92. The number of carbonyl (C=O) groups is 1. The summed E-state index contributed by atoms with van der Waals surface area (Å²) in [5.74, 6) is -0.213. The zero-order valence-electron chi connectivity index (χ0n) is 12.1. The highest BCUT2D eigenvalue weighted by Crippen LogP contribution is 2.23. The fourth-order valence-electron chi connectivity index (χ4n) is 1.92. The number of nitrogens with zero attached hydrogens (tertiary/aromatic N) is 1. The van der Waals surface area contributed by atoms with Crippen LogP contribution in [0.25, 0.3) is 0 Å². The van der Waals surface area contributed by atoms with E-state index in [1.54, 1.807) is 36.4 Å². The Hall–Kier alpha value is -2.80. The number of nitrogen functional groups attached to an aromatic ring is 1. The summed E-state index contributed by atoms with van der Waals surface area (Å²) in [6.07, 6.45) is 0. The highest BCUT2D eigenvalue weighted by atomic mass is 16.1. The minimum Gasteiger partial charge on any atom is -0.399 e. The Bertz CT molecular complexity index is 697. The van der Waals surface area contributed by atoms with E-state index in [2.05, 4.69) is 11.4 Å². The van der Waals surface area contributed by atoms with Crippen molar-refractivity contribution in [1.29, 1.82) is 5.26 Å². The zero-order valence-corrected chi connectivity index (χ0v) is 12.1. The second-order valence-corrected chi connectivity index (χ2v) is 5.39. The molecule has 0 saturated carbocycles. The van der Waals surface area contributed by atoms with Crippen molar-refractivity contribution in [3.63, 3.8) is 0 Å². The first-order valence-electron chi connectivity index (χ1n) is 6.61. The number of nitrogens with two attached hydrogens (primary N) is 1. The summed E-state index contributed by atoms with van der Waals surface area (Å²) in [6.45, 7) is 3.71. The molecule has 2 rings (SSSR count). The third kappa shape index (κ3) is 3.40. The first-order valence-corrected chi connectivity index (χ1v) is 6.61. The summed E-state index contributed by atoms with van der Waals surface area (Å²) in [5.41, 5.74) is 7.77. The number of anilines is 2. The molecule has 0 aromatic heterocycles. The largest absolute Gasteiger partial charge is 0.399 e. The quantitative estimate of drug-likeness (QED) is 0.846. The lowest BCUT2D eigenvalue weighted by Gasteiger charge is -2.16. The highest BCUT2D eigenvalue weighted by Gasteiger charge is 2.19. The van der Waals surface area contributed by atoms with Gasteiger partial charge in [-0.3, -0.25) is 4.79 Å². The van der Waals surface area contributed by atoms with E-state index in [-0.39, 0.29) is 5.91 Å². The molecule has 1 amide bonds. The molecule has 0 saturated heterocycles. The predicted octanol–water partition coefficient (Wildman–Crippen LogP) is 3.32. The second-order valence-electron chi connectivity index (χ2n) is 5.39. The van der Waals surface area contributed by atoms with Gasteiger partial charge in [-0.1, -0.05) is 18.2 Å². The van der Waals surface area contributed by atoms with Gasteiger partial charge >= 0.3 is 0 Å². The number of nitriles is 1. The molecule has 0 fully saturated rings. The van der Waals surface area contributed by atoms with E-state index in [1.165, 1.54) is 0 Å². The average molecular weight is 279 g/mol. The van der Waals surface area contributed by atoms with Crippen LogP contribution in [0.4, 0.5) is 11.4 Å². The van der Waals surface area contributed by atoms with Crippen LogP contribution in [-0.2, 0) is 5.41 Å². The average Bonchev–Trinajstić information content (AvgIpc) is 2.48. The number of benzene rings is 2. The molecule has 3 N–H and O–H groups in total. The van der Waals surface area contributed by atoms with Crippen molar-refractivity contribution >= 4 is 17.3 Å². The number of amides is 1. The normalized spacial score (nSPS) is 10.7. The number of hydrogen-bond acceptors (Lipinski definition) is 3. The molecule has 106 valence electrons. The molecule has 0 bridgehead atoms. The van der Waals surface area contributed by atoms with E-state index in [1.807, 2.05) is 26.0 Å². The van der Waals surface area contributed by atoms with E-state index in [4.69, 9.17) is 11.0 Å². The van der Waals surface area contributed by atoms with Gasteiger partial charge in [0.1, 0.15) is 0 Å². The number of rotatable bonds is 3. The van der Waals surface area contributed by atoms with E-state index in [0.717, 1.165) is 5.56 Å². The molecule has 0 radical (unpaired) electrons. The molecule has 4 heteroatoms. The minimum absolute atomic E-state index is 0.213. The summed E-state index contributed by atoms with van der Waals surface area (Å²) in [5, 5.41) is 11.9. The molecule has 0 aliphatic carbocycles. The molecule has 0 spiro atoms. The molecule has 21 heavy (non-hydrogen) atoms. The maximum atomic E-state index is 12.1. The SMILES string of the molecule is CC(C)(C#N)c1ccc(NC(=O)c2cccc(N)c2)cc1. The number of hydrogen-bond donors (Lipinski definition) is 2. The molecular weight excluding hydrogens is 262 g/mol. The van der Waals surface area contributed by atoms with Crippen molar-refractivity contribution in [1.82, 2.24) is 0 Å².